The van der Waals surface area contributed by atoms with Crippen molar-refractivity contribution < 1.29 is 19.0 Å². The van der Waals surface area contributed by atoms with E-state index in [0.29, 0.717) is 37.1 Å². The van der Waals surface area contributed by atoms with Crippen LogP contribution in [0.1, 0.15) is 22.3 Å². The highest BCUT2D eigenvalue weighted by Crippen LogP contribution is 2.34. The van der Waals surface area contributed by atoms with Crippen molar-refractivity contribution in [2.24, 2.45) is 5.92 Å². The Morgan fingerprint density at radius 2 is 2.05 bits per heavy atom. The molecule has 0 saturated carbocycles. The number of methoxy groups -OCH3 is 1. The van der Waals surface area contributed by atoms with Crippen LogP contribution in [-0.2, 0) is 4.74 Å². The fourth-order valence-corrected chi connectivity index (χ4v) is 2.98. The van der Waals surface area contributed by atoms with Crippen molar-refractivity contribution in [2.45, 2.75) is 13.3 Å². The van der Waals surface area contributed by atoms with E-state index in [-0.39, 0.29) is 5.91 Å². The SMILES string of the molecule is COC[C@H]1CCN(C(=O)c2cc3c(cc2C)OCCO3)C1. The third-order valence-electron chi connectivity index (χ3n) is 4.10. The summed E-state index contributed by atoms with van der Waals surface area (Å²) in [7, 11) is 1.70. The van der Waals surface area contributed by atoms with Gasteiger partial charge in [0, 0.05) is 31.7 Å². The van der Waals surface area contributed by atoms with Gasteiger partial charge in [-0.1, -0.05) is 0 Å². The number of benzene rings is 1. The Bertz CT molecular complexity index is 543. The second-order valence-electron chi connectivity index (χ2n) is 5.67. The van der Waals surface area contributed by atoms with E-state index in [0.717, 1.165) is 30.8 Å². The summed E-state index contributed by atoms with van der Waals surface area (Å²) in [6.45, 7) is 5.30. The molecule has 1 atom stereocenters. The molecule has 1 saturated heterocycles. The molecule has 2 aliphatic rings. The number of carbonyl (C=O) groups is 1. The minimum absolute atomic E-state index is 0.0723. The molecule has 114 valence electrons. The van der Waals surface area contributed by atoms with Crippen molar-refractivity contribution in [3.63, 3.8) is 0 Å². The van der Waals surface area contributed by atoms with E-state index in [9.17, 15) is 4.79 Å². The van der Waals surface area contributed by atoms with E-state index in [4.69, 9.17) is 14.2 Å². The second kappa shape index (κ2) is 5.93. The first-order valence-electron chi connectivity index (χ1n) is 7.37. The van der Waals surface area contributed by atoms with Gasteiger partial charge in [0.2, 0.25) is 0 Å². The van der Waals surface area contributed by atoms with Gasteiger partial charge in [-0.05, 0) is 31.0 Å². The van der Waals surface area contributed by atoms with Crippen LogP contribution in [0.2, 0.25) is 0 Å². The molecule has 21 heavy (non-hydrogen) atoms. The fraction of sp³-hybridized carbons (Fsp3) is 0.562. The summed E-state index contributed by atoms with van der Waals surface area (Å²) >= 11 is 0. The van der Waals surface area contributed by atoms with Crippen LogP contribution in [0.4, 0.5) is 0 Å². The van der Waals surface area contributed by atoms with Gasteiger partial charge in [0.15, 0.2) is 11.5 Å². The average molecular weight is 291 g/mol. The Morgan fingerprint density at radius 1 is 1.33 bits per heavy atom. The molecule has 3 rings (SSSR count). The van der Waals surface area contributed by atoms with Gasteiger partial charge in [0.25, 0.3) is 5.91 Å². The standard InChI is InChI=1S/C16H21NO4/c1-11-7-14-15(21-6-5-20-14)8-13(11)16(18)17-4-3-12(9-17)10-19-2/h7-8,12H,3-6,9-10H2,1-2H3/t12-/m0/s1. The maximum Gasteiger partial charge on any atom is 0.254 e. The summed E-state index contributed by atoms with van der Waals surface area (Å²) in [6.07, 6.45) is 1.00. The lowest BCUT2D eigenvalue weighted by molar-refractivity contribution is 0.0773. The molecule has 5 nitrogen and oxygen atoms in total. The van der Waals surface area contributed by atoms with Gasteiger partial charge in [0.05, 0.1) is 6.61 Å². The largest absolute Gasteiger partial charge is 0.486 e. The molecule has 5 heteroatoms. The van der Waals surface area contributed by atoms with Crippen molar-refractivity contribution in [3.05, 3.63) is 23.3 Å². The van der Waals surface area contributed by atoms with E-state index in [1.807, 2.05) is 24.0 Å². The van der Waals surface area contributed by atoms with Gasteiger partial charge < -0.3 is 19.1 Å². The van der Waals surface area contributed by atoms with Crippen LogP contribution in [0.3, 0.4) is 0 Å². The van der Waals surface area contributed by atoms with Crippen LogP contribution in [0.25, 0.3) is 0 Å². The summed E-state index contributed by atoms with van der Waals surface area (Å²) in [6, 6.07) is 3.71. The van der Waals surface area contributed by atoms with Crippen LogP contribution in [-0.4, -0.2) is 50.8 Å². The highest BCUT2D eigenvalue weighted by Gasteiger charge is 2.28. The van der Waals surface area contributed by atoms with Gasteiger partial charge in [-0.25, -0.2) is 0 Å². The van der Waals surface area contributed by atoms with Crippen LogP contribution >= 0.6 is 0 Å². The molecule has 0 aromatic heterocycles. The number of hydrogen-bond acceptors (Lipinski definition) is 4. The molecule has 0 aliphatic carbocycles. The van der Waals surface area contributed by atoms with Crippen LogP contribution in [0.15, 0.2) is 12.1 Å². The van der Waals surface area contributed by atoms with Crippen molar-refractivity contribution in [3.8, 4) is 11.5 Å². The predicted octanol–water partition coefficient (Wildman–Crippen LogP) is 1.87. The van der Waals surface area contributed by atoms with Gasteiger partial charge in [-0.3, -0.25) is 4.79 Å². The lowest BCUT2D eigenvalue weighted by Gasteiger charge is -2.22. The first kappa shape index (κ1) is 14.2. The monoisotopic (exact) mass is 291 g/mol. The summed E-state index contributed by atoms with van der Waals surface area (Å²) in [5.74, 6) is 1.91. The number of rotatable bonds is 3. The lowest BCUT2D eigenvalue weighted by atomic mass is 10.1. The zero-order valence-electron chi connectivity index (χ0n) is 12.6. The van der Waals surface area contributed by atoms with Crippen molar-refractivity contribution >= 4 is 5.91 Å². The van der Waals surface area contributed by atoms with E-state index in [1.54, 1.807) is 7.11 Å². The number of aryl methyl sites for hydroxylation is 1. The van der Waals surface area contributed by atoms with E-state index in [2.05, 4.69) is 0 Å². The molecule has 2 aliphatic heterocycles. The molecule has 1 aromatic carbocycles. The molecule has 1 amide bonds. The summed E-state index contributed by atoms with van der Waals surface area (Å²) in [5, 5.41) is 0. The van der Waals surface area contributed by atoms with Crippen LogP contribution < -0.4 is 9.47 Å². The zero-order valence-corrected chi connectivity index (χ0v) is 12.6. The summed E-state index contributed by atoms with van der Waals surface area (Å²) in [5.41, 5.74) is 1.64. The summed E-state index contributed by atoms with van der Waals surface area (Å²) in [4.78, 5) is 14.6. The quantitative estimate of drug-likeness (QED) is 0.853. The lowest BCUT2D eigenvalue weighted by Crippen LogP contribution is -2.30. The van der Waals surface area contributed by atoms with Gasteiger partial charge in [0.1, 0.15) is 13.2 Å². The van der Waals surface area contributed by atoms with E-state index >= 15 is 0 Å². The Labute approximate surface area is 124 Å². The van der Waals surface area contributed by atoms with Crippen molar-refractivity contribution in [1.82, 2.24) is 4.90 Å². The topological polar surface area (TPSA) is 48.0 Å². The Morgan fingerprint density at radius 3 is 2.76 bits per heavy atom. The number of amides is 1. The summed E-state index contributed by atoms with van der Waals surface area (Å²) < 4.78 is 16.3. The van der Waals surface area contributed by atoms with Crippen LogP contribution in [0, 0.1) is 12.8 Å². The maximum atomic E-state index is 12.7. The molecule has 1 fully saturated rings. The van der Waals surface area contributed by atoms with Gasteiger partial charge >= 0.3 is 0 Å². The minimum atomic E-state index is 0.0723. The van der Waals surface area contributed by atoms with Crippen molar-refractivity contribution in [2.75, 3.05) is 40.0 Å². The Kier molecular flexibility index (Phi) is 4.01. The molecular formula is C16H21NO4. The minimum Gasteiger partial charge on any atom is -0.486 e. The van der Waals surface area contributed by atoms with Crippen LogP contribution in [0.5, 0.6) is 11.5 Å². The molecule has 0 radical (unpaired) electrons. The zero-order chi connectivity index (χ0) is 14.8. The predicted molar refractivity (Wildman–Crippen MR) is 78.1 cm³/mol. The van der Waals surface area contributed by atoms with Gasteiger partial charge in [-0.2, -0.15) is 0 Å². The number of fused-ring (bicyclic) bond motifs is 1. The number of hydrogen-bond donors (Lipinski definition) is 0. The molecule has 2 heterocycles. The molecule has 0 spiro atoms. The maximum absolute atomic E-state index is 12.7. The highest BCUT2D eigenvalue weighted by atomic mass is 16.6. The number of carbonyl (C=O) groups excluding carboxylic acids is 1. The normalized spacial score (nSPS) is 20.7. The Hall–Kier alpha value is -1.75. The molecular weight excluding hydrogens is 270 g/mol. The van der Waals surface area contributed by atoms with Crippen molar-refractivity contribution in [1.29, 1.82) is 0 Å². The van der Waals surface area contributed by atoms with Gasteiger partial charge in [-0.15, -0.1) is 0 Å². The molecule has 0 unspecified atom stereocenters. The Balaban J connectivity index is 1.79. The number of nitrogens with zero attached hydrogens (tertiary/aromatic N) is 1. The molecule has 1 aromatic rings. The average Bonchev–Trinajstić information content (AvgIpc) is 2.95. The van der Waals surface area contributed by atoms with E-state index < -0.39 is 0 Å². The first-order chi connectivity index (χ1) is 10.2. The molecule has 0 N–H and O–H groups in total. The second-order valence-corrected chi connectivity index (χ2v) is 5.67. The third-order valence-corrected chi connectivity index (χ3v) is 4.10. The number of likely N-dealkylation sites (tertiary alicyclic amines) is 1. The fourth-order valence-electron chi connectivity index (χ4n) is 2.98. The first-order valence-corrected chi connectivity index (χ1v) is 7.37. The molecule has 0 bridgehead atoms. The number of ether oxygens (including phenoxy) is 3. The highest BCUT2D eigenvalue weighted by molar-refractivity contribution is 5.96. The third kappa shape index (κ3) is 2.83. The van der Waals surface area contributed by atoms with E-state index in [1.165, 1.54) is 0 Å². The smallest absolute Gasteiger partial charge is 0.254 e.